The molecule has 0 heterocycles. The van der Waals surface area contributed by atoms with E-state index in [2.05, 4.69) is 67.7 Å². The van der Waals surface area contributed by atoms with Gasteiger partial charge in [-0.15, -0.1) is 11.8 Å². The SMILES string of the molecule is Cc1ccc(SCC(=O)NC(c2ccc(C)cc2)C2CC2)cc1. The summed E-state index contributed by atoms with van der Waals surface area (Å²) in [4.78, 5) is 13.5. The van der Waals surface area contributed by atoms with Gasteiger partial charge in [0.25, 0.3) is 0 Å². The van der Waals surface area contributed by atoms with Crippen molar-refractivity contribution in [2.75, 3.05) is 5.75 Å². The van der Waals surface area contributed by atoms with Crippen LogP contribution >= 0.6 is 11.8 Å². The third kappa shape index (κ3) is 4.61. The van der Waals surface area contributed by atoms with Crippen LogP contribution < -0.4 is 5.32 Å². The predicted molar refractivity (Wildman–Crippen MR) is 96.7 cm³/mol. The second-order valence-electron chi connectivity index (χ2n) is 6.40. The first-order valence-electron chi connectivity index (χ1n) is 8.17. The Balaban J connectivity index is 1.58. The van der Waals surface area contributed by atoms with E-state index in [1.807, 2.05) is 0 Å². The molecule has 0 bridgehead atoms. The van der Waals surface area contributed by atoms with Crippen molar-refractivity contribution in [3.63, 3.8) is 0 Å². The van der Waals surface area contributed by atoms with Gasteiger partial charge in [-0.1, -0.05) is 47.5 Å². The van der Waals surface area contributed by atoms with E-state index >= 15 is 0 Å². The minimum atomic E-state index is 0.119. The van der Waals surface area contributed by atoms with Gasteiger partial charge >= 0.3 is 0 Å². The Labute approximate surface area is 142 Å². The Kier molecular flexibility index (Phi) is 5.06. The molecular weight excluding hydrogens is 302 g/mol. The van der Waals surface area contributed by atoms with Crippen LogP contribution in [0.2, 0.25) is 0 Å². The lowest BCUT2D eigenvalue weighted by Gasteiger charge is -2.19. The Morgan fingerprint density at radius 1 is 1.04 bits per heavy atom. The fourth-order valence-electron chi connectivity index (χ4n) is 2.68. The first kappa shape index (κ1) is 16.1. The maximum Gasteiger partial charge on any atom is 0.230 e. The lowest BCUT2D eigenvalue weighted by molar-refractivity contribution is -0.119. The predicted octanol–water partition coefficient (Wildman–Crippen LogP) is 4.66. The van der Waals surface area contributed by atoms with Gasteiger partial charge in [-0.25, -0.2) is 0 Å². The van der Waals surface area contributed by atoms with Gasteiger partial charge in [0, 0.05) is 4.90 Å². The number of amides is 1. The van der Waals surface area contributed by atoms with Crippen LogP contribution in [0.4, 0.5) is 0 Å². The monoisotopic (exact) mass is 325 g/mol. The highest BCUT2D eigenvalue weighted by atomic mass is 32.2. The van der Waals surface area contributed by atoms with Gasteiger partial charge in [0.2, 0.25) is 5.91 Å². The second-order valence-corrected chi connectivity index (χ2v) is 7.44. The zero-order valence-electron chi connectivity index (χ0n) is 13.7. The van der Waals surface area contributed by atoms with E-state index in [-0.39, 0.29) is 11.9 Å². The van der Waals surface area contributed by atoms with E-state index in [4.69, 9.17) is 0 Å². The quantitative estimate of drug-likeness (QED) is 0.782. The van der Waals surface area contributed by atoms with Crippen molar-refractivity contribution >= 4 is 17.7 Å². The highest BCUT2D eigenvalue weighted by molar-refractivity contribution is 8.00. The van der Waals surface area contributed by atoms with E-state index in [9.17, 15) is 4.79 Å². The van der Waals surface area contributed by atoms with Gasteiger partial charge < -0.3 is 5.32 Å². The molecule has 0 spiro atoms. The molecule has 120 valence electrons. The third-order valence-corrected chi connectivity index (χ3v) is 5.25. The number of rotatable bonds is 6. The summed E-state index contributed by atoms with van der Waals surface area (Å²) in [7, 11) is 0. The van der Waals surface area contributed by atoms with Crippen molar-refractivity contribution in [1.82, 2.24) is 5.32 Å². The van der Waals surface area contributed by atoms with Crippen molar-refractivity contribution < 1.29 is 4.79 Å². The largest absolute Gasteiger partial charge is 0.348 e. The maximum atomic E-state index is 12.3. The average molecular weight is 325 g/mol. The normalized spacial score (nSPS) is 15.2. The molecule has 2 aromatic rings. The van der Waals surface area contributed by atoms with Crippen LogP contribution in [0.25, 0.3) is 0 Å². The van der Waals surface area contributed by atoms with Crippen LogP contribution in [0.3, 0.4) is 0 Å². The van der Waals surface area contributed by atoms with Crippen LogP contribution in [0.5, 0.6) is 0 Å². The molecule has 1 saturated carbocycles. The fourth-order valence-corrected chi connectivity index (χ4v) is 3.38. The molecule has 0 radical (unpaired) electrons. The van der Waals surface area contributed by atoms with Crippen molar-refractivity contribution in [1.29, 1.82) is 0 Å². The van der Waals surface area contributed by atoms with Crippen molar-refractivity contribution in [3.8, 4) is 0 Å². The number of carbonyl (C=O) groups excluding carboxylic acids is 1. The minimum Gasteiger partial charge on any atom is -0.348 e. The molecule has 1 amide bonds. The Morgan fingerprint density at radius 2 is 1.61 bits per heavy atom. The molecule has 1 aliphatic rings. The molecule has 23 heavy (non-hydrogen) atoms. The summed E-state index contributed by atoms with van der Waals surface area (Å²) in [5, 5.41) is 3.24. The number of aryl methyl sites for hydroxylation is 2. The van der Waals surface area contributed by atoms with E-state index in [1.54, 1.807) is 11.8 Å². The Bertz CT molecular complexity index is 659. The van der Waals surface area contributed by atoms with E-state index in [0.717, 1.165) is 4.90 Å². The van der Waals surface area contributed by atoms with E-state index < -0.39 is 0 Å². The first-order valence-corrected chi connectivity index (χ1v) is 9.16. The summed E-state index contributed by atoms with van der Waals surface area (Å²) >= 11 is 1.60. The summed E-state index contributed by atoms with van der Waals surface area (Å²) in [6.45, 7) is 4.16. The molecule has 2 nitrogen and oxygen atoms in total. The standard InChI is InChI=1S/C20H23NOS/c1-14-3-7-16(8-4-14)20(17-9-10-17)21-19(22)13-23-18-11-5-15(2)6-12-18/h3-8,11-12,17,20H,9-10,13H2,1-2H3,(H,21,22). The van der Waals surface area contributed by atoms with Gasteiger partial charge in [0.1, 0.15) is 0 Å². The molecule has 0 aliphatic heterocycles. The molecule has 1 atom stereocenters. The summed E-state index contributed by atoms with van der Waals surface area (Å²) in [5.41, 5.74) is 3.73. The van der Waals surface area contributed by atoms with Crippen LogP contribution in [0.15, 0.2) is 53.4 Å². The summed E-state index contributed by atoms with van der Waals surface area (Å²) in [5.74, 6) is 1.19. The van der Waals surface area contributed by atoms with Crippen molar-refractivity contribution in [2.24, 2.45) is 5.92 Å². The topological polar surface area (TPSA) is 29.1 Å². The highest BCUT2D eigenvalue weighted by Crippen LogP contribution is 2.41. The van der Waals surface area contributed by atoms with Gasteiger partial charge in [0.15, 0.2) is 0 Å². The van der Waals surface area contributed by atoms with Crippen molar-refractivity contribution in [2.45, 2.75) is 37.6 Å². The molecule has 1 aliphatic carbocycles. The maximum absolute atomic E-state index is 12.3. The molecule has 1 unspecified atom stereocenters. The lowest BCUT2D eigenvalue weighted by Crippen LogP contribution is -2.31. The number of thioether (sulfide) groups is 1. The molecule has 0 saturated heterocycles. The molecule has 3 heteroatoms. The zero-order chi connectivity index (χ0) is 16.2. The second kappa shape index (κ2) is 7.22. The Hall–Kier alpha value is -1.74. The lowest BCUT2D eigenvalue weighted by atomic mass is 10.0. The molecule has 3 rings (SSSR count). The average Bonchev–Trinajstić information content (AvgIpc) is 3.38. The summed E-state index contributed by atoms with van der Waals surface area (Å²) < 4.78 is 0. The third-order valence-electron chi connectivity index (χ3n) is 4.24. The first-order chi connectivity index (χ1) is 11.1. The summed E-state index contributed by atoms with van der Waals surface area (Å²) in [6, 6.07) is 17.0. The van der Waals surface area contributed by atoms with Gasteiger partial charge in [0.05, 0.1) is 11.8 Å². The number of hydrogen-bond donors (Lipinski definition) is 1. The number of carbonyl (C=O) groups is 1. The van der Waals surface area contributed by atoms with Gasteiger partial charge in [-0.05, 0) is 50.3 Å². The molecule has 0 aromatic heterocycles. The van der Waals surface area contributed by atoms with Crippen LogP contribution in [0.1, 0.15) is 35.6 Å². The molecule has 1 N–H and O–H groups in total. The van der Waals surface area contributed by atoms with E-state index in [0.29, 0.717) is 11.7 Å². The fraction of sp³-hybridized carbons (Fsp3) is 0.350. The van der Waals surface area contributed by atoms with Crippen molar-refractivity contribution in [3.05, 3.63) is 65.2 Å². The minimum absolute atomic E-state index is 0.119. The van der Waals surface area contributed by atoms with Gasteiger partial charge in [-0.3, -0.25) is 4.79 Å². The van der Waals surface area contributed by atoms with Gasteiger partial charge in [-0.2, -0.15) is 0 Å². The highest BCUT2D eigenvalue weighted by Gasteiger charge is 2.33. The summed E-state index contributed by atoms with van der Waals surface area (Å²) in [6.07, 6.45) is 2.42. The zero-order valence-corrected chi connectivity index (χ0v) is 14.5. The molecule has 1 fully saturated rings. The number of benzene rings is 2. The van der Waals surface area contributed by atoms with Crippen LogP contribution in [0, 0.1) is 19.8 Å². The molecular formula is C20H23NOS. The molecule has 2 aromatic carbocycles. The number of nitrogens with one attached hydrogen (secondary N) is 1. The van der Waals surface area contributed by atoms with Crippen LogP contribution in [-0.4, -0.2) is 11.7 Å². The Morgan fingerprint density at radius 3 is 2.17 bits per heavy atom. The number of hydrogen-bond acceptors (Lipinski definition) is 2. The smallest absolute Gasteiger partial charge is 0.230 e. The van der Waals surface area contributed by atoms with Crippen LogP contribution in [-0.2, 0) is 4.79 Å². The van der Waals surface area contributed by atoms with E-state index in [1.165, 1.54) is 29.5 Å².